The van der Waals surface area contributed by atoms with E-state index in [2.05, 4.69) is 5.32 Å². The molecule has 0 aliphatic carbocycles. The Hall–Kier alpha value is -3.18. The summed E-state index contributed by atoms with van der Waals surface area (Å²) in [5.74, 6) is -0.405. The maximum atomic E-state index is 13.3. The van der Waals surface area contributed by atoms with E-state index in [4.69, 9.17) is 16.6 Å². The number of nitrogens with one attached hydrogen (secondary N) is 1. The molecule has 0 saturated heterocycles. The highest BCUT2D eigenvalue weighted by molar-refractivity contribution is 6.30. The molecular weight excluding hydrogens is 389 g/mol. The smallest absolute Gasteiger partial charge is 0.220 e. The molecule has 0 radical (unpaired) electrons. The fraction of sp³-hybridized carbons (Fsp3) is 0.130. The van der Waals surface area contributed by atoms with Crippen LogP contribution in [0.4, 0.5) is 4.39 Å². The predicted molar refractivity (Wildman–Crippen MR) is 112 cm³/mol. The lowest BCUT2D eigenvalue weighted by Crippen LogP contribution is -2.23. The van der Waals surface area contributed by atoms with E-state index in [1.165, 1.54) is 12.1 Å². The van der Waals surface area contributed by atoms with Crippen LogP contribution in [0.25, 0.3) is 16.9 Å². The first-order valence-electron chi connectivity index (χ1n) is 9.33. The van der Waals surface area contributed by atoms with Gasteiger partial charge in [-0.05, 0) is 48.4 Å². The number of carbonyl (C=O) groups excluding carboxylic acids is 1. The van der Waals surface area contributed by atoms with Crippen molar-refractivity contribution >= 4 is 23.2 Å². The summed E-state index contributed by atoms with van der Waals surface area (Å²) in [5, 5.41) is 3.51. The SMILES string of the molecule is O=C(CCc1c(-c2ccc(Cl)cc2)nc2ccccn12)NCc1cccc(F)c1. The zero-order valence-electron chi connectivity index (χ0n) is 15.6. The Bertz CT molecular complexity index is 1150. The van der Waals surface area contributed by atoms with Gasteiger partial charge >= 0.3 is 0 Å². The van der Waals surface area contributed by atoms with Gasteiger partial charge in [-0.15, -0.1) is 0 Å². The van der Waals surface area contributed by atoms with Gasteiger partial charge in [0.25, 0.3) is 0 Å². The van der Waals surface area contributed by atoms with Crippen molar-refractivity contribution in [2.75, 3.05) is 0 Å². The highest BCUT2D eigenvalue weighted by Gasteiger charge is 2.15. The van der Waals surface area contributed by atoms with Crippen LogP contribution in [0.2, 0.25) is 5.02 Å². The summed E-state index contributed by atoms with van der Waals surface area (Å²) in [6.07, 6.45) is 2.78. The van der Waals surface area contributed by atoms with Gasteiger partial charge in [0.15, 0.2) is 0 Å². The maximum Gasteiger partial charge on any atom is 0.220 e. The lowest BCUT2D eigenvalue weighted by atomic mass is 10.1. The molecule has 0 saturated carbocycles. The Labute approximate surface area is 173 Å². The first kappa shape index (κ1) is 19.2. The molecule has 29 heavy (non-hydrogen) atoms. The number of halogens is 2. The number of pyridine rings is 1. The molecule has 4 nitrogen and oxygen atoms in total. The van der Waals surface area contributed by atoms with Crippen LogP contribution in [0.15, 0.2) is 72.9 Å². The van der Waals surface area contributed by atoms with Crippen LogP contribution in [-0.4, -0.2) is 15.3 Å². The summed E-state index contributed by atoms with van der Waals surface area (Å²) in [6.45, 7) is 0.299. The van der Waals surface area contributed by atoms with Crippen LogP contribution in [0.1, 0.15) is 17.7 Å². The number of imidazole rings is 1. The van der Waals surface area contributed by atoms with Crippen LogP contribution >= 0.6 is 11.6 Å². The maximum absolute atomic E-state index is 13.3. The Balaban J connectivity index is 1.51. The molecule has 0 aliphatic rings. The first-order chi connectivity index (χ1) is 14.1. The normalized spacial score (nSPS) is 11.0. The van der Waals surface area contributed by atoms with Gasteiger partial charge in [-0.2, -0.15) is 0 Å². The van der Waals surface area contributed by atoms with E-state index in [1.54, 1.807) is 12.1 Å². The van der Waals surface area contributed by atoms with Crippen molar-refractivity contribution in [2.24, 2.45) is 0 Å². The molecule has 146 valence electrons. The summed E-state index contributed by atoms with van der Waals surface area (Å²) >= 11 is 6.01. The van der Waals surface area contributed by atoms with Gasteiger partial charge in [-0.1, -0.05) is 41.9 Å². The number of fused-ring (bicyclic) bond motifs is 1. The van der Waals surface area contributed by atoms with E-state index < -0.39 is 0 Å². The number of hydrogen-bond donors (Lipinski definition) is 1. The topological polar surface area (TPSA) is 46.4 Å². The highest BCUT2D eigenvalue weighted by atomic mass is 35.5. The van der Waals surface area contributed by atoms with Crippen molar-refractivity contribution in [3.8, 4) is 11.3 Å². The van der Waals surface area contributed by atoms with Crippen molar-refractivity contribution < 1.29 is 9.18 Å². The van der Waals surface area contributed by atoms with E-state index in [9.17, 15) is 9.18 Å². The first-order valence-corrected chi connectivity index (χ1v) is 9.71. The van der Waals surface area contributed by atoms with Gasteiger partial charge in [0, 0.05) is 29.7 Å². The van der Waals surface area contributed by atoms with Crippen LogP contribution < -0.4 is 5.32 Å². The standard InChI is InChI=1S/C23H19ClFN3O/c24-18-9-7-17(8-10-18)23-20(28-13-2-1-6-21(28)27-23)11-12-22(29)26-15-16-4-3-5-19(25)14-16/h1-10,13-14H,11-12,15H2,(H,26,29). The molecule has 2 aromatic heterocycles. The second kappa shape index (κ2) is 8.45. The van der Waals surface area contributed by atoms with Crippen LogP contribution in [0.5, 0.6) is 0 Å². The van der Waals surface area contributed by atoms with Crippen molar-refractivity contribution in [1.82, 2.24) is 14.7 Å². The number of aromatic nitrogens is 2. The molecule has 1 N–H and O–H groups in total. The summed E-state index contributed by atoms with van der Waals surface area (Å²) in [5.41, 5.74) is 4.31. The third-order valence-corrected chi connectivity index (χ3v) is 4.97. The summed E-state index contributed by atoms with van der Waals surface area (Å²) < 4.78 is 15.3. The Morgan fingerprint density at radius 2 is 1.90 bits per heavy atom. The second-order valence-electron chi connectivity index (χ2n) is 6.75. The number of rotatable bonds is 6. The molecule has 4 aromatic rings. The Kier molecular flexibility index (Phi) is 5.58. The molecule has 2 aromatic carbocycles. The lowest BCUT2D eigenvalue weighted by molar-refractivity contribution is -0.121. The van der Waals surface area contributed by atoms with Crippen LogP contribution in [0, 0.1) is 5.82 Å². The molecule has 0 atom stereocenters. The number of benzene rings is 2. The third kappa shape index (κ3) is 4.46. The van der Waals surface area contributed by atoms with E-state index in [0.29, 0.717) is 24.4 Å². The molecule has 4 rings (SSSR count). The Morgan fingerprint density at radius 1 is 1.07 bits per heavy atom. The van der Waals surface area contributed by atoms with Gasteiger partial charge in [-0.25, -0.2) is 9.37 Å². The van der Waals surface area contributed by atoms with Crippen molar-refractivity contribution in [2.45, 2.75) is 19.4 Å². The molecule has 0 fully saturated rings. The van der Waals surface area contributed by atoms with E-state index in [-0.39, 0.29) is 11.7 Å². The minimum atomic E-state index is -0.310. The summed E-state index contributed by atoms with van der Waals surface area (Å²) in [4.78, 5) is 17.1. The average Bonchev–Trinajstić information content (AvgIpc) is 3.10. The highest BCUT2D eigenvalue weighted by Crippen LogP contribution is 2.26. The molecule has 2 heterocycles. The average molecular weight is 408 g/mol. The predicted octanol–water partition coefficient (Wildman–Crippen LogP) is 5.04. The third-order valence-electron chi connectivity index (χ3n) is 4.71. The number of hydrogen-bond acceptors (Lipinski definition) is 2. The molecule has 0 spiro atoms. The van der Waals surface area contributed by atoms with Crippen molar-refractivity contribution in [3.05, 3.63) is 95.0 Å². The van der Waals surface area contributed by atoms with Gasteiger partial charge in [0.2, 0.25) is 5.91 Å². The number of amides is 1. The molecule has 1 amide bonds. The van der Waals surface area contributed by atoms with Crippen LogP contribution in [-0.2, 0) is 17.8 Å². The molecular formula is C23H19ClFN3O. The zero-order chi connectivity index (χ0) is 20.2. The van der Waals surface area contributed by atoms with Gasteiger partial charge in [0.1, 0.15) is 11.5 Å². The number of carbonyl (C=O) groups is 1. The van der Waals surface area contributed by atoms with Crippen molar-refractivity contribution in [1.29, 1.82) is 0 Å². The number of nitrogens with zero attached hydrogens (tertiary/aromatic N) is 2. The fourth-order valence-electron chi connectivity index (χ4n) is 3.29. The summed E-state index contributed by atoms with van der Waals surface area (Å²) in [7, 11) is 0. The lowest BCUT2D eigenvalue weighted by Gasteiger charge is -2.08. The second-order valence-corrected chi connectivity index (χ2v) is 7.19. The molecule has 0 aliphatic heterocycles. The number of aryl methyl sites for hydroxylation is 1. The Morgan fingerprint density at radius 3 is 2.69 bits per heavy atom. The van der Waals surface area contributed by atoms with Gasteiger partial charge in [-0.3, -0.25) is 4.79 Å². The molecule has 0 bridgehead atoms. The zero-order valence-corrected chi connectivity index (χ0v) is 16.4. The van der Waals surface area contributed by atoms with Gasteiger partial charge in [0.05, 0.1) is 11.4 Å². The monoisotopic (exact) mass is 407 g/mol. The van der Waals surface area contributed by atoms with E-state index >= 15 is 0 Å². The van der Waals surface area contributed by atoms with Gasteiger partial charge < -0.3 is 9.72 Å². The molecule has 0 unspecified atom stereocenters. The largest absolute Gasteiger partial charge is 0.352 e. The van der Waals surface area contributed by atoms with E-state index in [0.717, 1.165) is 28.2 Å². The van der Waals surface area contributed by atoms with Crippen LogP contribution in [0.3, 0.4) is 0 Å². The summed E-state index contributed by atoms with van der Waals surface area (Å²) in [6, 6.07) is 19.5. The fourth-order valence-corrected chi connectivity index (χ4v) is 3.42. The molecule has 6 heteroatoms. The minimum absolute atomic E-state index is 0.0952. The quantitative estimate of drug-likeness (QED) is 0.486. The van der Waals surface area contributed by atoms with Crippen molar-refractivity contribution in [3.63, 3.8) is 0 Å². The van der Waals surface area contributed by atoms with E-state index in [1.807, 2.05) is 53.1 Å². The minimum Gasteiger partial charge on any atom is -0.352 e.